The van der Waals surface area contributed by atoms with E-state index in [1.54, 1.807) is 7.11 Å². The van der Waals surface area contributed by atoms with Gasteiger partial charge in [-0.15, -0.1) is 0 Å². The highest BCUT2D eigenvalue weighted by molar-refractivity contribution is 5.60. The van der Waals surface area contributed by atoms with Crippen LogP contribution in [0, 0.1) is 0 Å². The van der Waals surface area contributed by atoms with Gasteiger partial charge in [-0.05, 0) is 44.6 Å². The fraction of sp³-hybridized carbons (Fsp3) is 0.500. The molecule has 2 heterocycles. The van der Waals surface area contributed by atoms with Crippen LogP contribution in [-0.4, -0.2) is 48.4 Å². The number of likely N-dealkylation sites (N-methyl/N-ethyl adjacent to an activating group) is 1. The molecule has 0 radical (unpaired) electrons. The lowest BCUT2D eigenvalue weighted by Gasteiger charge is -2.30. The molecule has 0 aliphatic carbocycles. The Bertz CT molecular complexity index is 659. The first-order valence-corrected chi connectivity index (χ1v) is 7.76. The van der Waals surface area contributed by atoms with Crippen molar-refractivity contribution in [1.29, 1.82) is 0 Å². The highest BCUT2D eigenvalue weighted by Gasteiger charge is 2.20. The molecule has 0 amide bonds. The van der Waals surface area contributed by atoms with Crippen molar-refractivity contribution in [3.05, 3.63) is 24.1 Å². The fourth-order valence-electron chi connectivity index (χ4n) is 2.75. The van der Waals surface area contributed by atoms with E-state index in [9.17, 15) is 0 Å². The summed E-state index contributed by atoms with van der Waals surface area (Å²) in [5, 5.41) is 3.92. The maximum atomic E-state index is 6.11. The minimum atomic E-state index is 0.183. The third kappa shape index (κ3) is 3.62. The van der Waals surface area contributed by atoms with E-state index in [0.717, 1.165) is 37.2 Å². The molecule has 124 valence electrons. The Morgan fingerprint density at radius 2 is 2.26 bits per heavy atom. The first-order valence-electron chi connectivity index (χ1n) is 7.76. The van der Waals surface area contributed by atoms with Crippen molar-refractivity contribution >= 4 is 0 Å². The van der Waals surface area contributed by atoms with Crippen LogP contribution in [-0.2, 0) is 6.54 Å². The minimum absolute atomic E-state index is 0.183. The Kier molecular flexibility index (Phi) is 4.78. The fourth-order valence-corrected chi connectivity index (χ4v) is 2.75. The number of aromatic nitrogens is 2. The lowest BCUT2D eigenvalue weighted by Crippen LogP contribution is -2.38. The summed E-state index contributed by atoms with van der Waals surface area (Å²) in [6, 6.07) is 5.64. The van der Waals surface area contributed by atoms with Crippen molar-refractivity contribution in [1.82, 2.24) is 15.0 Å². The summed E-state index contributed by atoms with van der Waals surface area (Å²) in [5.41, 5.74) is 6.30. The van der Waals surface area contributed by atoms with Gasteiger partial charge >= 0.3 is 0 Å². The number of nitrogens with two attached hydrogens (primary N) is 1. The van der Waals surface area contributed by atoms with Crippen LogP contribution in [0.3, 0.4) is 0 Å². The molecule has 1 aliphatic heterocycles. The lowest BCUT2D eigenvalue weighted by molar-refractivity contribution is 0.101. The van der Waals surface area contributed by atoms with Crippen LogP contribution in [0.1, 0.15) is 18.7 Å². The van der Waals surface area contributed by atoms with Crippen LogP contribution in [0.2, 0.25) is 0 Å². The van der Waals surface area contributed by atoms with Gasteiger partial charge in [0.1, 0.15) is 6.10 Å². The smallest absolute Gasteiger partial charge is 0.240 e. The van der Waals surface area contributed by atoms with E-state index >= 15 is 0 Å². The predicted octanol–water partition coefficient (Wildman–Crippen LogP) is 1.68. The summed E-state index contributed by atoms with van der Waals surface area (Å²) in [7, 11) is 3.74. The molecule has 1 fully saturated rings. The first kappa shape index (κ1) is 15.8. The van der Waals surface area contributed by atoms with Gasteiger partial charge in [-0.25, -0.2) is 0 Å². The molecule has 0 saturated carbocycles. The molecule has 7 nitrogen and oxygen atoms in total. The molecule has 7 heteroatoms. The molecule has 23 heavy (non-hydrogen) atoms. The van der Waals surface area contributed by atoms with Gasteiger partial charge in [0.2, 0.25) is 11.7 Å². The number of hydrogen-bond acceptors (Lipinski definition) is 7. The van der Waals surface area contributed by atoms with E-state index in [2.05, 4.69) is 22.1 Å². The normalized spacial score (nSPS) is 18.8. The van der Waals surface area contributed by atoms with E-state index in [0.29, 0.717) is 17.5 Å². The second-order valence-electron chi connectivity index (χ2n) is 5.73. The molecule has 2 aromatic rings. The van der Waals surface area contributed by atoms with E-state index < -0.39 is 0 Å². The summed E-state index contributed by atoms with van der Waals surface area (Å²) in [6.07, 6.45) is 2.38. The number of rotatable bonds is 5. The number of piperidine rings is 1. The number of methoxy groups -OCH3 is 1. The largest absolute Gasteiger partial charge is 0.493 e. The molecule has 0 spiro atoms. The van der Waals surface area contributed by atoms with Crippen molar-refractivity contribution in [2.45, 2.75) is 25.5 Å². The van der Waals surface area contributed by atoms with Gasteiger partial charge < -0.3 is 24.6 Å². The number of nitrogens with zero attached hydrogens (tertiary/aromatic N) is 3. The summed E-state index contributed by atoms with van der Waals surface area (Å²) >= 11 is 0. The van der Waals surface area contributed by atoms with Gasteiger partial charge in [-0.1, -0.05) is 5.16 Å². The Hall–Kier alpha value is -2.12. The monoisotopic (exact) mass is 318 g/mol. The molecule has 1 aliphatic rings. The van der Waals surface area contributed by atoms with Gasteiger partial charge in [-0.3, -0.25) is 0 Å². The van der Waals surface area contributed by atoms with Gasteiger partial charge in [0.15, 0.2) is 11.5 Å². The first-order chi connectivity index (χ1) is 11.2. The summed E-state index contributed by atoms with van der Waals surface area (Å²) in [5.74, 6) is 2.30. The number of hydrogen-bond donors (Lipinski definition) is 1. The second-order valence-corrected chi connectivity index (χ2v) is 5.73. The van der Waals surface area contributed by atoms with Crippen molar-refractivity contribution in [3.63, 3.8) is 0 Å². The second kappa shape index (κ2) is 6.97. The molecule has 0 bridgehead atoms. The Morgan fingerprint density at radius 3 is 2.96 bits per heavy atom. The molecule has 1 aromatic carbocycles. The SMILES string of the molecule is COc1cc(-c2noc(CN)n2)ccc1OC1CCCN(C)C1. The number of ether oxygens (including phenoxy) is 2. The standard InChI is InChI=1S/C16H22N4O3/c1-20-7-3-4-12(10-20)22-13-6-5-11(8-14(13)21-2)16-18-15(9-17)23-19-16/h5-6,8,12H,3-4,7,9-10,17H2,1-2H3. The highest BCUT2D eigenvalue weighted by atomic mass is 16.5. The summed E-state index contributed by atoms with van der Waals surface area (Å²) in [6.45, 7) is 2.27. The Balaban J connectivity index is 1.79. The third-order valence-electron chi connectivity index (χ3n) is 3.94. The van der Waals surface area contributed by atoms with Gasteiger partial charge in [0.05, 0.1) is 13.7 Å². The topological polar surface area (TPSA) is 86.6 Å². The summed E-state index contributed by atoms with van der Waals surface area (Å²) < 4.78 is 16.6. The van der Waals surface area contributed by atoms with Crippen molar-refractivity contribution in [2.75, 3.05) is 27.2 Å². The zero-order chi connectivity index (χ0) is 16.2. The third-order valence-corrected chi connectivity index (χ3v) is 3.94. The van der Waals surface area contributed by atoms with Crippen LogP contribution in [0.5, 0.6) is 11.5 Å². The Labute approximate surface area is 135 Å². The van der Waals surface area contributed by atoms with Crippen LogP contribution in [0.15, 0.2) is 22.7 Å². The van der Waals surface area contributed by atoms with Crippen molar-refractivity contribution in [2.24, 2.45) is 5.73 Å². The van der Waals surface area contributed by atoms with Crippen molar-refractivity contribution < 1.29 is 14.0 Å². The average molecular weight is 318 g/mol. The van der Waals surface area contributed by atoms with Crippen LogP contribution in [0.25, 0.3) is 11.4 Å². The maximum Gasteiger partial charge on any atom is 0.240 e. The van der Waals surface area contributed by atoms with Crippen LogP contribution < -0.4 is 15.2 Å². The van der Waals surface area contributed by atoms with Gasteiger partial charge in [0, 0.05) is 12.1 Å². The molecule has 1 unspecified atom stereocenters. The number of benzene rings is 1. The van der Waals surface area contributed by atoms with E-state index in [1.807, 2.05) is 18.2 Å². The van der Waals surface area contributed by atoms with Crippen LogP contribution >= 0.6 is 0 Å². The molecular formula is C16H22N4O3. The maximum absolute atomic E-state index is 6.11. The summed E-state index contributed by atoms with van der Waals surface area (Å²) in [4.78, 5) is 6.50. The van der Waals surface area contributed by atoms with Crippen molar-refractivity contribution in [3.8, 4) is 22.9 Å². The van der Waals surface area contributed by atoms with Gasteiger partial charge in [-0.2, -0.15) is 4.98 Å². The highest BCUT2D eigenvalue weighted by Crippen LogP contribution is 2.33. The Morgan fingerprint density at radius 1 is 1.39 bits per heavy atom. The number of likely N-dealkylation sites (tertiary alicyclic amines) is 1. The van der Waals surface area contributed by atoms with E-state index in [1.165, 1.54) is 0 Å². The van der Waals surface area contributed by atoms with E-state index in [4.69, 9.17) is 19.7 Å². The molecule has 3 rings (SSSR count). The average Bonchev–Trinajstić information content (AvgIpc) is 3.04. The molecule has 1 atom stereocenters. The minimum Gasteiger partial charge on any atom is -0.493 e. The quantitative estimate of drug-likeness (QED) is 0.897. The molecule has 1 saturated heterocycles. The zero-order valence-electron chi connectivity index (χ0n) is 13.5. The molecule has 2 N–H and O–H groups in total. The van der Waals surface area contributed by atoms with E-state index in [-0.39, 0.29) is 12.6 Å². The van der Waals surface area contributed by atoms with Crippen LogP contribution in [0.4, 0.5) is 0 Å². The molecule has 1 aromatic heterocycles. The predicted molar refractivity (Wildman–Crippen MR) is 85.3 cm³/mol. The van der Waals surface area contributed by atoms with Gasteiger partial charge in [0.25, 0.3) is 0 Å². The zero-order valence-corrected chi connectivity index (χ0v) is 13.5. The lowest BCUT2D eigenvalue weighted by atomic mass is 10.1. The molecular weight excluding hydrogens is 296 g/mol.